The summed E-state index contributed by atoms with van der Waals surface area (Å²) in [6, 6.07) is 14.3. The van der Waals surface area contributed by atoms with Crippen LogP contribution < -0.4 is 14.8 Å². The summed E-state index contributed by atoms with van der Waals surface area (Å²) >= 11 is 0. The number of aryl methyl sites for hydroxylation is 1. The minimum atomic E-state index is -0.652. The molecular weight excluding hydrogens is 380 g/mol. The first-order chi connectivity index (χ1) is 14.1. The zero-order chi connectivity index (χ0) is 22.3. The van der Waals surface area contributed by atoms with E-state index < -0.39 is 11.6 Å². The molecule has 6 nitrogen and oxygen atoms in total. The van der Waals surface area contributed by atoms with Gasteiger partial charge in [-0.1, -0.05) is 29.8 Å². The molecule has 2 aromatic rings. The van der Waals surface area contributed by atoms with Crippen LogP contribution in [0.5, 0.6) is 11.5 Å². The van der Waals surface area contributed by atoms with Gasteiger partial charge in [0.05, 0.1) is 7.11 Å². The van der Waals surface area contributed by atoms with Gasteiger partial charge in [0.2, 0.25) is 5.91 Å². The fourth-order valence-electron chi connectivity index (χ4n) is 2.85. The molecular formula is C24H32N2O4. The van der Waals surface area contributed by atoms with Crippen LogP contribution in [0.3, 0.4) is 0 Å². The van der Waals surface area contributed by atoms with E-state index in [4.69, 9.17) is 9.47 Å². The van der Waals surface area contributed by atoms with E-state index in [-0.39, 0.29) is 18.4 Å². The van der Waals surface area contributed by atoms with Gasteiger partial charge in [0, 0.05) is 12.1 Å². The largest absolute Gasteiger partial charge is 0.497 e. The summed E-state index contributed by atoms with van der Waals surface area (Å²) in [6.45, 7) is 9.59. The van der Waals surface area contributed by atoms with E-state index in [0.29, 0.717) is 12.3 Å². The van der Waals surface area contributed by atoms with Crippen LogP contribution in [0.4, 0.5) is 0 Å². The Balaban J connectivity index is 2.16. The highest BCUT2D eigenvalue weighted by atomic mass is 16.5. The Morgan fingerprint density at radius 3 is 2.10 bits per heavy atom. The molecule has 6 heteroatoms. The molecule has 2 rings (SSSR count). The van der Waals surface area contributed by atoms with Gasteiger partial charge in [-0.15, -0.1) is 0 Å². The van der Waals surface area contributed by atoms with Gasteiger partial charge in [-0.25, -0.2) is 0 Å². The highest BCUT2D eigenvalue weighted by Crippen LogP contribution is 2.16. The fourth-order valence-corrected chi connectivity index (χ4v) is 2.85. The average Bonchev–Trinajstić information content (AvgIpc) is 2.70. The van der Waals surface area contributed by atoms with Gasteiger partial charge in [-0.05, 0) is 64.4 Å². The van der Waals surface area contributed by atoms with E-state index >= 15 is 0 Å². The molecule has 0 radical (unpaired) electrons. The Morgan fingerprint density at radius 1 is 1.00 bits per heavy atom. The second-order valence-corrected chi connectivity index (χ2v) is 8.39. The Kier molecular flexibility index (Phi) is 7.86. The molecule has 0 aliphatic carbocycles. The van der Waals surface area contributed by atoms with Crippen molar-refractivity contribution in [3.8, 4) is 11.5 Å². The lowest BCUT2D eigenvalue weighted by atomic mass is 10.1. The van der Waals surface area contributed by atoms with E-state index in [1.807, 2.05) is 76.2 Å². The minimum Gasteiger partial charge on any atom is -0.497 e. The van der Waals surface area contributed by atoms with Crippen molar-refractivity contribution in [1.82, 2.24) is 10.2 Å². The quantitative estimate of drug-likeness (QED) is 0.718. The van der Waals surface area contributed by atoms with Crippen molar-refractivity contribution in [2.75, 3.05) is 13.7 Å². The van der Waals surface area contributed by atoms with Crippen LogP contribution in [0.15, 0.2) is 48.5 Å². The second kappa shape index (κ2) is 10.1. The number of nitrogens with zero attached hydrogens (tertiary/aromatic N) is 1. The molecule has 0 heterocycles. The number of carbonyl (C=O) groups excluding carboxylic acids is 2. The SMILES string of the molecule is COc1ccc(CN(C(=O)COc2ccc(C)cc2)[C@H](C)C(=O)NC(C)(C)C)cc1. The third kappa shape index (κ3) is 7.10. The maximum Gasteiger partial charge on any atom is 0.261 e. The molecule has 0 saturated heterocycles. The fraction of sp³-hybridized carbons (Fsp3) is 0.417. The Hall–Kier alpha value is -3.02. The van der Waals surface area contributed by atoms with Crippen molar-refractivity contribution in [2.24, 2.45) is 0 Å². The van der Waals surface area contributed by atoms with Crippen LogP contribution in [0.2, 0.25) is 0 Å². The van der Waals surface area contributed by atoms with Gasteiger partial charge in [-0.3, -0.25) is 9.59 Å². The molecule has 0 bridgehead atoms. The molecule has 0 aromatic heterocycles. The summed E-state index contributed by atoms with van der Waals surface area (Å²) in [7, 11) is 1.60. The van der Waals surface area contributed by atoms with E-state index in [9.17, 15) is 9.59 Å². The molecule has 0 fully saturated rings. The third-order valence-corrected chi connectivity index (χ3v) is 4.56. The predicted molar refractivity (Wildman–Crippen MR) is 118 cm³/mol. The Morgan fingerprint density at radius 2 is 1.57 bits per heavy atom. The molecule has 30 heavy (non-hydrogen) atoms. The first-order valence-electron chi connectivity index (χ1n) is 10.0. The van der Waals surface area contributed by atoms with Crippen LogP contribution in [-0.4, -0.2) is 42.0 Å². The summed E-state index contributed by atoms with van der Waals surface area (Å²) in [4.78, 5) is 27.3. The van der Waals surface area contributed by atoms with Gasteiger partial charge in [-0.2, -0.15) is 0 Å². The monoisotopic (exact) mass is 412 g/mol. The van der Waals surface area contributed by atoms with Crippen molar-refractivity contribution in [1.29, 1.82) is 0 Å². The van der Waals surface area contributed by atoms with Crippen LogP contribution in [0, 0.1) is 6.92 Å². The summed E-state index contributed by atoms with van der Waals surface area (Å²) in [6.07, 6.45) is 0. The summed E-state index contributed by atoms with van der Waals surface area (Å²) in [5, 5.41) is 2.94. The molecule has 0 saturated carbocycles. The lowest BCUT2D eigenvalue weighted by Gasteiger charge is -2.31. The number of methoxy groups -OCH3 is 1. The second-order valence-electron chi connectivity index (χ2n) is 8.39. The number of hydrogen-bond acceptors (Lipinski definition) is 4. The van der Waals surface area contributed by atoms with Crippen molar-refractivity contribution in [3.63, 3.8) is 0 Å². The first-order valence-corrected chi connectivity index (χ1v) is 10.0. The van der Waals surface area contributed by atoms with Crippen molar-refractivity contribution in [3.05, 3.63) is 59.7 Å². The summed E-state index contributed by atoms with van der Waals surface area (Å²) in [5.41, 5.74) is 1.62. The number of nitrogens with one attached hydrogen (secondary N) is 1. The highest BCUT2D eigenvalue weighted by Gasteiger charge is 2.28. The number of carbonyl (C=O) groups is 2. The van der Waals surface area contributed by atoms with Crippen molar-refractivity contribution < 1.29 is 19.1 Å². The highest BCUT2D eigenvalue weighted by molar-refractivity contribution is 5.88. The smallest absolute Gasteiger partial charge is 0.261 e. The van der Waals surface area contributed by atoms with Crippen molar-refractivity contribution >= 4 is 11.8 Å². The van der Waals surface area contributed by atoms with Gasteiger partial charge in [0.1, 0.15) is 17.5 Å². The zero-order valence-electron chi connectivity index (χ0n) is 18.7. The first kappa shape index (κ1) is 23.3. The van der Waals surface area contributed by atoms with Gasteiger partial charge >= 0.3 is 0 Å². The normalized spacial score (nSPS) is 12.1. The molecule has 1 N–H and O–H groups in total. The average molecular weight is 413 g/mol. The molecule has 1 atom stereocenters. The number of amides is 2. The number of benzene rings is 2. The van der Waals surface area contributed by atoms with Gasteiger partial charge < -0.3 is 19.7 Å². The van der Waals surface area contributed by atoms with E-state index in [1.165, 1.54) is 4.90 Å². The van der Waals surface area contributed by atoms with E-state index in [0.717, 1.165) is 16.9 Å². The van der Waals surface area contributed by atoms with Crippen molar-refractivity contribution in [2.45, 2.75) is 52.7 Å². The van der Waals surface area contributed by atoms with Crippen LogP contribution >= 0.6 is 0 Å². The maximum atomic E-state index is 13.0. The maximum absolute atomic E-state index is 13.0. The van der Waals surface area contributed by atoms with Crippen LogP contribution in [-0.2, 0) is 16.1 Å². The summed E-state index contributed by atoms with van der Waals surface area (Å²) < 4.78 is 10.9. The molecule has 2 aromatic carbocycles. The third-order valence-electron chi connectivity index (χ3n) is 4.56. The van der Waals surface area contributed by atoms with Gasteiger partial charge in [0.25, 0.3) is 5.91 Å². The number of rotatable bonds is 8. The summed E-state index contributed by atoms with van der Waals surface area (Å²) in [5.74, 6) is 0.880. The van der Waals surface area contributed by atoms with Crippen LogP contribution in [0.25, 0.3) is 0 Å². The Bertz CT molecular complexity index is 839. The molecule has 0 aliphatic rings. The molecule has 0 unspecified atom stereocenters. The molecule has 0 aliphatic heterocycles. The minimum absolute atomic E-state index is 0.146. The molecule has 2 amide bonds. The zero-order valence-corrected chi connectivity index (χ0v) is 18.7. The van der Waals surface area contributed by atoms with Crippen LogP contribution in [0.1, 0.15) is 38.8 Å². The van der Waals surface area contributed by atoms with Gasteiger partial charge in [0.15, 0.2) is 6.61 Å². The predicted octanol–water partition coefficient (Wildman–Crippen LogP) is 3.71. The standard InChI is InChI=1S/C24H32N2O4/c1-17-7-11-21(12-8-17)30-16-22(27)26(18(2)23(28)25-24(3,4)5)15-19-9-13-20(29-6)14-10-19/h7-14,18H,15-16H2,1-6H3,(H,25,28)/t18-/m1/s1. The lowest BCUT2D eigenvalue weighted by Crippen LogP contribution is -2.53. The number of hydrogen-bond donors (Lipinski definition) is 1. The Labute approximate surface area is 179 Å². The number of ether oxygens (including phenoxy) is 2. The molecule has 0 spiro atoms. The van der Waals surface area contributed by atoms with E-state index in [1.54, 1.807) is 14.0 Å². The topological polar surface area (TPSA) is 67.9 Å². The molecule has 162 valence electrons. The van der Waals surface area contributed by atoms with E-state index in [2.05, 4.69) is 5.32 Å². The lowest BCUT2D eigenvalue weighted by molar-refractivity contribution is -0.142.